The van der Waals surface area contributed by atoms with E-state index in [-0.39, 0.29) is 6.54 Å². The summed E-state index contributed by atoms with van der Waals surface area (Å²) < 4.78 is 9.65. The first-order chi connectivity index (χ1) is 4.91. The largest absolute Gasteiger partial charge is 0.499 e. The Morgan fingerprint density at radius 2 is 2.20 bits per heavy atom. The molecule has 10 heavy (non-hydrogen) atoms. The quantitative estimate of drug-likeness (QED) is 0.304. The van der Waals surface area contributed by atoms with Gasteiger partial charge in [-0.2, -0.15) is 4.91 Å². The summed E-state index contributed by atoms with van der Waals surface area (Å²) in [4.78, 5) is 9.52. The van der Waals surface area contributed by atoms with Crippen LogP contribution in [0.3, 0.4) is 0 Å². The summed E-state index contributed by atoms with van der Waals surface area (Å²) in [5.74, 6) is 0. The third-order valence-corrected chi connectivity index (χ3v) is 0.790. The fourth-order valence-corrected chi connectivity index (χ4v) is 0.394. The van der Waals surface area contributed by atoms with Gasteiger partial charge < -0.3 is 9.47 Å². The first-order valence-corrected chi connectivity index (χ1v) is 3.01. The molecule has 0 unspecified atom stereocenters. The summed E-state index contributed by atoms with van der Waals surface area (Å²) in [6.45, 7) is 4.86. The van der Waals surface area contributed by atoms with Gasteiger partial charge >= 0.3 is 0 Å². The molecule has 0 bridgehead atoms. The fourth-order valence-electron chi connectivity index (χ4n) is 0.394. The Hall–Kier alpha value is -0.900. The highest BCUT2D eigenvalue weighted by molar-refractivity contribution is 4.47. The minimum Gasteiger partial charge on any atom is -0.499 e. The van der Waals surface area contributed by atoms with Crippen molar-refractivity contribution in [1.29, 1.82) is 0 Å². The molecule has 0 aromatic heterocycles. The van der Waals surface area contributed by atoms with E-state index < -0.39 is 0 Å². The lowest BCUT2D eigenvalue weighted by atomic mass is 10.7. The van der Waals surface area contributed by atoms with E-state index in [0.29, 0.717) is 19.8 Å². The minimum atomic E-state index is 0.202. The molecule has 4 heteroatoms. The topological polar surface area (TPSA) is 47.9 Å². The zero-order valence-corrected chi connectivity index (χ0v) is 5.78. The third kappa shape index (κ3) is 7.10. The fraction of sp³-hybridized carbons (Fsp3) is 0.667. The molecule has 0 aromatic carbocycles. The van der Waals surface area contributed by atoms with Crippen LogP contribution in [0.4, 0.5) is 0 Å². The Morgan fingerprint density at radius 1 is 1.40 bits per heavy atom. The maximum absolute atomic E-state index is 9.52. The molecule has 0 aliphatic rings. The van der Waals surface area contributed by atoms with Crippen LogP contribution in [0.5, 0.6) is 0 Å². The SMILES string of the molecule is C=COCCOCCN=O. The molecule has 0 fully saturated rings. The summed E-state index contributed by atoms with van der Waals surface area (Å²) in [5.41, 5.74) is 0. The van der Waals surface area contributed by atoms with E-state index in [2.05, 4.69) is 11.8 Å². The monoisotopic (exact) mass is 145 g/mol. The van der Waals surface area contributed by atoms with Crippen LogP contribution < -0.4 is 0 Å². The highest BCUT2D eigenvalue weighted by Gasteiger charge is 1.85. The van der Waals surface area contributed by atoms with Gasteiger partial charge in [0.05, 0.1) is 19.5 Å². The summed E-state index contributed by atoms with van der Waals surface area (Å²) in [6, 6.07) is 0. The molecule has 0 rings (SSSR count). The molecule has 58 valence electrons. The maximum atomic E-state index is 9.52. The van der Waals surface area contributed by atoms with Crippen LogP contribution in [-0.2, 0) is 9.47 Å². The summed E-state index contributed by atoms with van der Waals surface area (Å²) in [5, 5.41) is 2.62. The molecule has 0 saturated carbocycles. The normalized spacial score (nSPS) is 8.80. The molecular formula is C6H11NO3. The van der Waals surface area contributed by atoms with Crippen LogP contribution in [0.15, 0.2) is 18.0 Å². The molecule has 0 radical (unpaired) electrons. The Labute approximate surface area is 59.8 Å². The lowest BCUT2D eigenvalue weighted by Gasteiger charge is -1.99. The van der Waals surface area contributed by atoms with Crippen molar-refractivity contribution >= 4 is 0 Å². The molecule has 0 spiro atoms. The summed E-state index contributed by atoms with van der Waals surface area (Å²) in [7, 11) is 0. The lowest BCUT2D eigenvalue weighted by molar-refractivity contribution is 0.0900. The standard InChI is InChI=1S/C6H11NO3/c1-2-9-5-6-10-4-3-7-8/h2H,1,3-6H2. The van der Waals surface area contributed by atoms with Gasteiger partial charge in [-0.25, -0.2) is 0 Å². The highest BCUT2D eigenvalue weighted by Crippen LogP contribution is 1.78. The van der Waals surface area contributed by atoms with E-state index in [0.717, 1.165) is 0 Å². The van der Waals surface area contributed by atoms with Crippen LogP contribution in [0.25, 0.3) is 0 Å². The van der Waals surface area contributed by atoms with Crippen molar-refractivity contribution in [3.8, 4) is 0 Å². The van der Waals surface area contributed by atoms with Crippen LogP contribution in [0, 0.1) is 4.91 Å². The average Bonchev–Trinajstić information content (AvgIpc) is 1.97. The van der Waals surface area contributed by atoms with Crippen molar-refractivity contribution in [1.82, 2.24) is 0 Å². The van der Waals surface area contributed by atoms with Gasteiger partial charge in [-0.3, -0.25) is 0 Å². The number of nitroso groups, excluding NO2 is 1. The summed E-state index contributed by atoms with van der Waals surface area (Å²) >= 11 is 0. The molecule has 0 aromatic rings. The Bertz CT molecular complexity index is 83.0. The molecule has 0 atom stereocenters. The van der Waals surface area contributed by atoms with E-state index in [1.54, 1.807) is 0 Å². The number of ether oxygens (including phenoxy) is 2. The van der Waals surface area contributed by atoms with E-state index in [9.17, 15) is 4.91 Å². The molecular weight excluding hydrogens is 134 g/mol. The predicted molar refractivity (Wildman–Crippen MR) is 37.6 cm³/mol. The molecule has 4 nitrogen and oxygen atoms in total. The number of hydrogen-bond acceptors (Lipinski definition) is 4. The molecule has 0 N–H and O–H groups in total. The number of hydrogen-bond donors (Lipinski definition) is 0. The van der Waals surface area contributed by atoms with Gasteiger partial charge in [0, 0.05) is 0 Å². The van der Waals surface area contributed by atoms with Crippen LogP contribution in [0.1, 0.15) is 0 Å². The van der Waals surface area contributed by atoms with E-state index in [1.807, 2.05) is 0 Å². The first kappa shape index (κ1) is 9.10. The van der Waals surface area contributed by atoms with Crippen molar-refractivity contribution in [2.45, 2.75) is 0 Å². The van der Waals surface area contributed by atoms with E-state index in [1.165, 1.54) is 6.26 Å². The number of rotatable bonds is 7. The van der Waals surface area contributed by atoms with Gasteiger partial charge in [0.25, 0.3) is 0 Å². The van der Waals surface area contributed by atoms with Crippen molar-refractivity contribution in [2.24, 2.45) is 5.18 Å². The van der Waals surface area contributed by atoms with Gasteiger partial charge in [0.1, 0.15) is 13.2 Å². The van der Waals surface area contributed by atoms with Gasteiger partial charge in [-0.05, 0) is 0 Å². The van der Waals surface area contributed by atoms with Gasteiger partial charge in [0.2, 0.25) is 0 Å². The van der Waals surface area contributed by atoms with E-state index >= 15 is 0 Å². The lowest BCUT2D eigenvalue weighted by Crippen LogP contribution is -2.04. The summed E-state index contributed by atoms with van der Waals surface area (Å²) in [6.07, 6.45) is 1.35. The van der Waals surface area contributed by atoms with Crippen molar-refractivity contribution in [2.75, 3.05) is 26.4 Å². The minimum absolute atomic E-state index is 0.202. The number of nitrogens with zero attached hydrogens (tertiary/aromatic N) is 1. The Kier molecular flexibility index (Phi) is 7.37. The highest BCUT2D eigenvalue weighted by atomic mass is 16.5. The van der Waals surface area contributed by atoms with Crippen molar-refractivity contribution in [3.05, 3.63) is 17.7 Å². The smallest absolute Gasteiger partial charge is 0.111 e. The predicted octanol–water partition coefficient (Wildman–Crippen LogP) is 0.929. The van der Waals surface area contributed by atoms with Gasteiger partial charge in [0.15, 0.2) is 0 Å². The second-order valence-corrected chi connectivity index (χ2v) is 1.50. The van der Waals surface area contributed by atoms with Gasteiger partial charge in [-0.15, -0.1) is 0 Å². The van der Waals surface area contributed by atoms with Gasteiger partial charge in [-0.1, -0.05) is 11.8 Å². The zero-order valence-electron chi connectivity index (χ0n) is 5.78. The molecule has 0 amide bonds. The Morgan fingerprint density at radius 3 is 2.80 bits per heavy atom. The third-order valence-electron chi connectivity index (χ3n) is 0.790. The molecule has 0 saturated heterocycles. The van der Waals surface area contributed by atoms with Crippen LogP contribution in [0.2, 0.25) is 0 Å². The second-order valence-electron chi connectivity index (χ2n) is 1.50. The molecule has 0 heterocycles. The second kappa shape index (κ2) is 8.10. The van der Waals surface area contributed by atoms with E-state index in [4.69, 9.17) is 9.47 Å². The van der Waals surface area contributed by atoms with Crippen LogP contribution in [-0.4, -0.2) is 26.4 Å². The Balaban J connectivity index is 2.76. The van der Waals surface area contributed by atoms with Crippen LogP contribution >= 0.6 is 0 Å². The average molecular weight is 145 g/mol. The molecule has 0 aliphatic carbocycles. The van der Waals surface area contributed by atoms with Crippen molar-refractivity contribution in [3.63, 3.8) is 0 Å². The van der Waals surface area contributed by atoms with Crippen molar-refractivity contribution < 1.29 is 9.47 Å². The molecule has 0 aliphatic heterocycles. The zero-order chi connectivity index (χ0) is 7.66. The first-order valence-electron chi connectivity index (χ1n) is 3.01. The maximum Gasteiger partial charge on any atom is 0.111 e.